The van der Waals surface area contributed by atoms with Crippen molar-refractivity contribution in [3.8, 4) is 0 Å². The maximum absolute atomic E-state index is 12.2. The molecule has 1 unspecified atom stereocenters. The van der Waals surface area contributed by atoms with Crippen molar-refractivity contribution >= 4 is 21.8 Å². The number of amides is 1. The number of carbonyl (C=O) groups excluding carboxylic acids is 1. The van der Waals surface area contributed by atoms with Gasteiger partial charge in [-0.25, -0.2) is 8.42 Å². The molecule has 0 aliphatic carbocycles. The molecule has 1 aliphatic heterocycles. The summed E-state index contributed by atoms with van der Waals surface area (Å²) in [4.78, 5) is 13.7. The maximum Gasteiger partial charge on any atom is 0.226 e. The third kappa shape index (κ3) is 4.93. The third-order valence-corrected chi connectivity index (χ3v) is 6.11. The normalized spacial score (nSPS) is 20.3. The van der Waals surface area contributed by atoms with Gasteiger partial charge in [-0.2, -0.15) is 0 Å². The molecular formula is C18H25NO3S. The van der Waals surface area contributed by atoms with Crippen LogP contribution in [0.25, 0.3) is 6.08 Å². The van der Waals surface area contributed by atoms with Crippen molar-refractivity contribution in [2.24, 2.45) is 0 Å². The first-order valence-electron chi connectivity index (χ1n) is 8.01. The summed E-state index contributed by atoms with van der Waals surface area (Å²) in [6, 6.07) is 8.11. The fourth-order valence-electron chi connectivity index (χ4n) is 2.72. The second-order valence-electron chi connectivity index (χ2n) is 6.49. The lowest BCUT2D eigenvalue weighted by molar-refractivity contribution is -0.130. The fourth-order valence-corrected chi connectivity index (χ4v) is 4.49. The molecule has 4 nitrogen and oxygen atoms in total. The zero-order valence-corrected chi connectivity index (χ0v) is 14.8. The van der Waals surface area contributed by atoms with Crippen LogP contribution in [-0.2, 0) is 14.6 Å². The number of nitrogens with zero attached hydrogens (tertiary/aromatic N) is 1. The van der Waals surface area contributed by atoms with E-state index in [1.807, 2.05) is 24.3 Å². The molecule has 0 bridgehead atoms. The minimum absolute atomic E-state index is 0.0397. The molecule has 1 fully saturated rings. The minimum atomic E-state index is -2.96. The van der Waals surface area contributed by atoms with Crippen LogP contribution in [0.4, 0.5) is 0 Å². The molecule has 0 aromatic heterocycles. The van der Waals surface area contributed by atoms with E-state index in [4.69, 9.17) is 0 Å². The number of rotatable bonds is 5. The Kier molecular flexibility index (Phi) is 5.63. The summed E-state index contributed by atoms with van der Waals surface area (Å²) in [6.07, 6.45) is 4.61. The average Bonchev–Trinajstić information content (AvgIpc) is 2.87. The molecule has 1 amide bonds. The summed E-state index contributed by atoms with van der Waals surface area (Å²) in [5, 5.41) is 0. The van der Waals surface area contributed by atoms with Gasteiger partial charge in [0.1, 0.15) is 0 Å². The first-order chi connectivity index (χ1) is 10.8. The van der Waals surface area contributed by atoms with E-state index in [1.165, 1.54) is 5.56 Å². The van der Waals surface area contributed by atoms with Gasteiger partial charge in [0.05, 0.1) is 11.5 Å². The van der Waals surface area contributed by atoms with E-state index < -0.39 is 9.84 Å². The highest BCUT2D eigenvalue weighted by Gasteiger charge is 2.32. The quantitative estimate of drug-likeness (QED) is 0.831. The number of benzene rings is 1. The summed E-state index contributed by atoms with van der Waals surface area (Å²) in [5.74, 6) is 0.747. The monoisotopic (exact) mass is 335 g/mol. The van der Waals surface area contributed by atoms with Crippen LogP contribution in [-0.4, -0.2) is 43.8 Å². The van der Waals surface area contributed by atoms with E-state index in [1.54, 1.807) is 11.9 Å². The molecule has 126 valence electrons. The lowest BCUT2D eigenvalue weighted by Crippen LogP contribution is -2.37. The van der Waals surface area contributed by atoms with Gasteiger partial charge in [-0.1, -0.05) is 50.3 Å². The Hall–Kier alpha value is -1.62. The lowest BCUT2D eigenvalue weighted by atomic mass is 10.0. The van der Waals surface area contributed by atoms with Crippen molar-refractivity contribution < 1.29 is 13.2 Å². The lowest BCUT2D eigenvalue weighted by Gasteiger charge is -2.22. The van der Waals surface area contributed by atoms with E-state index >= 15 is 0 Å². The Morgan fingerprint density at radius 3 is 2.48 bits per heavy atom. The number of hydrogen-bond acceptors (Lipinski definition) is 3. The number of hydrogen-bond donors (Lipinski definition) is 0. The van der Waals surface area contributed by atoms with Gasteiger partial charge >= 0.3 is 0 Å². The zero-order chi connectivity index (χ0) is 17.0. The Morgan fingerprint density at radius 2 is 1.96 bits per heavy atom. The van der Waals surface area contributed by atoms with Crippen LogP contribution in [0.15, 0.2) is 30.3 Å². The predicted molar refractivity (Wildman–Crippen MR) is 94.0 cm³/mol. The Labute approximate surface area is 139 Å². The molecule has 0 radical (unpaired) electrons. The van der Waals surface area contributed by atoms with E-state index in [0.29, 0.717) is 18.8 Å². The molecular weight excluding hydrogens is 310 g/mol. The Morgan fingerprint density at radius 1 is 1.30 bits per heavy atom. The van der Waals surface area contributed by atoms with Gasteiger partial charge in [-0.3, -0.25) is 4.79 Å². The summed E-state index contributed by atoms with van der Waals surface area (Å²) in [6.45, 7) is 4.31. The number of sulfone groups is 1. The van der Waals surface area contributed by atoms with Crippen molar-refractivity contribution in [2.45, 2.75) is 38.6 Å². The van der Waals surface area contributed by atoms with Gasteiger partial charge in [0.25, 0.3) is 0 Å². The van der Waals surface area contributed by atoms with Gasteiger partial charge < -0.3 is 4.90 Å². The van der Waals surface area contributed by atoms with Gasteiger partial charge in [0, 0.05) is 19.5 Å². The smallest absolute Gasteiger partial charge is 0.226 e. The molecule has 5 heteroatoms. The van der Waals surface area contributed by atoms with Crippen LogP contribution < -0.4 is 0 Å². The first-order valence-corrected chi connectivity index (χ1v) is 9.83. The highest BCUT2D eigenvalue weighted by Crippen LogP contribution is 2.18. The first kappa shape index (κ1) is 17.7. The largest absolute Gasteiger partial charge is 0.341 e. The molecule has 1 heterocycles. The SMILES string of the molecule is CC(C)c1ccc(/C=C/CC(=O)N(C)C2CCS(=O)(=O)C2)cc1. The molecule has 1 aromatic carbocycles. The van der Waals surface area contributed by atoms with Crippen molar-refractivity contribution in [1.82, 2.24) is 4.90 Å². The Bertz CT molecular complexity index is 675. The second kappa shape index (κ2) is 7.30. The number of carbonyl (C=O) groups is 1. The topological polar surface area (TPSA) is 54.5 Å². The predicted octanol–water partition coefficient (Wildman–Crippen LogP) is 2.86. The Balaban J connectivity index is 1.88. The highest BCUT2D eigenvalue weighted by atomic mass is 32.2. The van der Waals surface area contributed by atoms with E-state index in [-0.39, 0.29) is 23.5 Å². The second-order valence-corrected chi connectivity index (χ2v) is 8.72. The van der Waals surface area contributed by atoms with Crippen molar-refractivity contribution in [3.63, 3.8) is 0 Å². The average molecular weight is 335 g/mol. The highest BCUT2D eigenvalue weighted by molar-refractivity contribution is 7.91. The van der Waals surface area contributed by atoms with E-state index in [0.717, 1.165) is 5.56 Å². The van der Waals surface area contributed by atoms with Crippen molar-refractivity contribution in [2.75, 3.05) is 18.6 Å². The standard InChI is InChI=1S/C18H25NO3S/c1-14(2)16-9-7-15(8-10-16)5-4-6-18(20)19(3)17-11-12-23(21,22)13-17/h4-5,7-10,14,17H,6,11-13H2,1-3H3/b5-4+. The fraction of sp³-hybridized carbons (Fsp3) is 0.500. The summed E-state index contributed by atoms with van der Waals surface area (Å²) >= 11 is 0. The van der Waals surface area contributed by atoms with Crippen LogP contribution in [0.5, 0.6) is 0 Å². The molecule has 0 spiro atoms. The van der Waals surface area contributed by atoms with Crippen molar-refractivity contribution in [1.29, 1.82) is 0 Å². The van der Waals surface area contributed by atoms with Crippen LogP contribution in [0, 0.1) is 0 Å². The summed E-state index contributed by atoms with van der Waals surface area (Å²) < 4.78 is 23.0. The van der Waals surface area contributed by atoms with Crippen LogP contribution in [0.1, 0.15) is 43.7 Å². The van der Waals surface area contributed by atoms with Crippen molar-refractivity contribution in [3.05, 3.63) is 41.5 Å². The molecule has 1 saturated heterocycles. The van der Waals surface area contributed by atoms with E-state index in [9.17, 15) is 13.2 Å². The molecule has 0 saturated carbocycles. The van der Waals surface area contributed by atoms with Crippen LogP contribution in [0.2, 0.25) is 0 Å². The van der Waals surface area contributed by atoms with Crippen LogP contribution >= 0.6 is 0 Å². The minimum Gasteiger partial charge on any atom is -0.341 e. The van der Waals surface area contributed by atoms with Gasteiger partial charge in [0.2, 0.25) is 5.91 Å². The third-order valence-electron chi connectivity index (χ3n) is 4.36. The molecule has 0 N–H and O–H groups in total. The van der Waals surface area contributed by atoms with Gasteiger partial charge in [-0.05, 0) is 23.5 Å². The summed E-state index contributed by atoms with van der Waals surface area (Å²) in [5.41, 5.74) is 2.36. The van der Waals surface area contributed by atoms with Crippen LogP contribution in [0.3, 0.4) is 0 Å². The van der Waals surface area contributed by atoms with Gasteiger partial charge in [-0.15, -0.1) is 0 Å². The molecule has 1 aromatic rings. The molecule has 2 rings (SSSR count). The molecule has 1 aliphatic rings. The molecule has 1 atom stereocenters. The van der Waals surface area contributed by atoms with E-state index in [2.05, 4.69) is 26.0 Å². The zero-order valence-electron chi connectivity index (χ0n) is 14.0. The summed E-state index contributed by atoms with van der Waals surface area (Å²) in [7, 11) is -1.27. The van der Waals surface area contributed by atoms with Gasteiger partial charge in [0.15, 0.2) is 9.84 Å². The maximum atomic E-state index is 12.2. The molecule has 23 heavy (non-hydrogen) atoms.